The van der Waals surface area contributed by atoms with Gasteiger partial charge in [0.2, 0.25) is 23.6 Å². The Morgan fingerprint density at radius 2 is 1.51 bits per heavy atom. The number of rotatable bonds is 9. The Balaban J connectivity index is 2.65. The number of hydrogen-bond acceptors (Lipinski definition) is 10. The van der Waals surface area contributed by atoms with Crippen LogP contribution >= 0.6 is 0 Å². The Kier molecular flexibility index (Phi) is 20.0. The molecule has 1 heterocycles. The van der Waals surface area contributed by atoms with E-state index in [0.29, 0.717) is 12.0 Å². The summed E-state index contributed by atoms with van der Waals surface area (Å²) in [5.41, 5.74) is 1.48. The van der Waals surface area contributed by atoms with Crippen molar-refractivity contribution < 1.29 is 48.1 Å². The van der Waals surface area contributed by atoms with E-state index in [1.807, 2.05) is 26.8 Å². The summed E-state index contributed by atoms with van der Waals surface area (Å²) in [5, 5.41) is 19.1. The van der Waals surface area contributed by atoms with Crippen LogP contribution in [0, 0.1) is 17.8 Å². The Morgan fingerprint density at radius 1 is 0.898 bits per heavy atom. The molecule has 0 bridgehead atoms. The first-order valence-corrected chi connectivity index (χ1v) is 20.5. The number of carbonyl (C=O) groups is 7. The van der Waals surface area contributed by atoms with E-state index in [1.165, 1.54) is 50.7 Å². The maximum absolute atomic E-state index is 14.1. The van der Waals surface area contributed by atoms with Crippen LogP contribution in [0.25, 0.3) is 0 Å². The minimum absolute atomic E-state index is 0.0244. The molecular formula is C44H67N5O10. The van der Waals surface area contributed by atoms with Gasteiger partial charge >= 0.3 is 11.9 Å². The summed E-state index contributed by atoms with van der Waals surface area (Å²) in [5.74, 6) is -5.92. The molecule has 9 atom stereocenters. The third-order valence-electron chi connectivity index (χ3n) is 10.9. The summed E-state index contributed by atoms with van der Waals surface area (Å²) in [6.07, 6.45) is 0.658. The van der Waals surface area contributed by atoms with E-state index >= 15 is 0 Å². The molecule has 0 saturated heterocycles. The zero-order valence-corrected chi connectivity index (χ0v) is 36.9. The first-order chi connectivity index (χ1) is 27.6. The summed E-state index contributed by atoms with van der Waals surface area (Å²) >= 11 is 0. The van der Waals surface area contributed by atoms with Gasteiger partial charge in [-0.2, -0.15) is 0 Å². The second kappa shape index (κ2) is 23.5. The lowest BCUT2D eigenvalue weighted by atomic mass is 9.90. The molecule has 0 fully saturated rings. The molecule has 1 aromatic carbocycles. The molecule has 0 aliphatic carbocycles. The SMILES string of the molecule is C/C=C(\C)[C@@H](O)[C@@H](C)[C@@H]1C/C=C(\C)C(=O)O[C@H](CC(C)C)C(=O)N[C@@H](C)C(=O)N(C)[C@H](Cc2ccccc2)C(=O)N(C)CC(=O)N[C@@H](C(C)CC)C(=O)N[C@H](C)C(=O)O1. The lowest BCUT2D eigenvalue weighted by Crippen LogP contribution is -2.57. The van der Waals surface area contributed by atoms with Crippen molar-refractivity contribution in [3.8, 4) is 0 Å². The smallest absolute Gasteiger partial charge is 0.334 e. The fraction of sp³-hybridized carbons (Fsp3) is 0.614. The second-order valence-corrected chi connectivity index (χ2v) is 16.2. The topological polar surface area (TPSA) is 201 Å². The van der Waals surface area contributed by atoms with Gasteiger partial charge in [0, 0.05) is 38.4 Å². The van der Waals surface area contributed by atoms with Crippen LogP contribution in [-0.4, -0.2) is 120 Å². The summed E-state index contributed by atoms with van der Waals surface area (Å²) in [6, 6.07) is 4.50. The lowest BCUT2D eigenvalue weighted by molar-refractivity contribution is -0.156. The molecular weight excluding hydrogens is 759 g/mol. The first kappa shape index (κ1) is 50.1. The Morgan fingerprint density at radius 3 is 2.08 bits per heavy atom. The second-order valence-electron chi connectivity index (χ2n) is 16.2. The number of carbonyl (C=O) groups excluding carboxylic acids is 7. The van der Waals surface area contributed by atoms with Crippen molar-refractivity contribution in [2.75, 3.05) is 20.6 Å². The van der Waals surface area contributed by atoms with Gasteiger partial charge in [-0.3, -0.25) is 24.0 Å². The molecule has 2 rings (SSSR count). The summed E-state index contributed by atoms with van der Waals surface area (Å²) in [4.78, 5) is 98.3. The third kappa shape index (κ3) is 14.9. The maximum atomic E-state index is 14.1. The fourth-order valence-electron chi connectivity index (χ4n) is 6.53. The monoisotopic (exact) mass is 825 g/mol. The van der Waals surface area contributed by atoms with Gasteiger partial charge in [0.15, 0.2) is 6.10 Å². The van der Waals surface area contributed by atoms with Gasteiger partial charge in [-0.05, 0) is 64.0 Å². The molecule has 1 aliphatic heterocycles. The van der Waals surface area contributed by atoms with E-state index in [9.17, 15) is 38.7 Å². The standard InChI is InChI=1S/C44H67N5O10/c1-13-26(5)37-40(53)46-31(10)44(57)58-34(29(8)38(51)27(6)14-2)21-20-28(7)43(56)59-35(22-25(3)4)39(52)45-30(9)41(54)49(12)33(23-32-18-16-15-17-19-32)42(55)48(11)24-36(50)47-37/h14-20,25-26,29-31,33-35,37-38,51H,13,21-24H2,1-12H3,(H,45,52)(H,46,53)(H,47,50)/b27-14+,28-20+/t26?,29-,30-,31+,33+,34-,35+,37-,38+/m0/s1. The molecule has 1 unspecified atom stereocenters. The molecule has 5 amide bonds. The highest BCUT2D eigenvalue weighted by atomic mass is 16.6. The minimum Gasteiger partial charge on any atom is -0.460 e. The predicted molar refractivity (Wildman–Crippen MR) is 223 cm³/mol. The number of likely N-dealkylation sites (N-methyl/N-ethyl adjacent to an activating group) is 2. The maximum Gasteiger partial charge on any atom is 0.334 e. The number of hydrogen-bond donors (Lipinski definition) is 4. The van der Waals surface area contributed by atoms with Crippen LogP contribution in [0.4, 0.5) is 0 Å². The Labute approximate surface area is 349 Å². The quantitative estimate of drug-likeness (QED) is 0.212. The van der Waals surface area contributed by atoms with E-state index in [1.54, 1.807) is 58.0 Å². The van der Waals surface area contributed by atoms with Gasteiger partial charge in [0.1, 0.15) is 30.3 Å². The molecule has 0 radical (unpaired) electrons. The number of aliphatic hydroxyl groups is 1. The van der Waals surface area contributed by atoms with Crippen molar-refractivity contribution >= 4 is 41.5 Å². The highest BCUT2D eigenvalue weighted by Gasteiger charge is 2.36. The number of allylic oxidation sites excluding steroid dienone is 1. The Bertz CT molecular complexity index is 1700. The van der Waals surface area contributed by atoms with Crippen molar-refractivity contribution in [1.29, 1.82) is 0 Å². The number of nitrogens with zero attached hydrogens (tertiary/aromatic N) is 2. The van der Waals surface area contributed by atoms with Gasteiger partial charge < -0.3 is 40.3 Å². The van der Waals surface area contributed by atoms with Gasteiger partial charge in [0.25, 0.3) is 5.91 Å². The normalized spacial score (nSPS) is 27.0. The van der Waals surface area contributed by atoms with Crippen LogP contribution in [0.5, 0.6) is 0 Å². The van der Waals surface area contributed by atoms with Crippen molar-refractivity contribution in [3.63, 3.8) is 0 Å². The number of benzene rings is 1. The number of esters is 2. The summed E-state index contributed by atoms with van der Waals surface area (Å²) < 4.78 is 11.6. The van der Waals surface area contributed by atoms with Crippen LogP contribution in [0.15, 0.2) is 53.6 Å². The average molecular weight is 826 g/mol. The van der Waals surface area contributed by atoms with Crippen LogP contribution in [0.2, 0.25) is 0 Å². The molecule has 0 aromatic heterocycles. The largest absolute Gasteiger partial charge is 0.460 e. The molecule has 328 valence electrons. The van der Waals surface area contributed by atoms with Gasteiger partial charge in [0.05, 0.1) is 12.6 Å². The fourth-order valence-corrected chi connectivity index (χ4v) is 6.53. The molecule has 0 saturated carbocycles. The van der Waals surface area contributed by atoms with Gasteiger partial charge in [-0.1, -0.05) is 83.5 Å². The molecule has 0 spiro atoms. The van der Waals surface area contributed by atoms with Crippen LogP contribution < -0.4 is 16.0 Å². The Hall–Kier alpha value is -5.05. The van der Waals surface area contributed by atoms with E-state index in [2.05, 4.69) is 16.0 Å². The predicted octanol–water partition coefficient (Wildman–Crippen LogP) is 3.24. The highest BCUT2D eigenvalue weighted by molar-refractivity contribution is 5.96. The summed E-state index contributed by atoms with van der Waals surface area (Å²) in [6.45, 7) is 16.4. The molecule has 1 aromatic rings. The van der Waals surface area contributed by atoms with E-state index in [0.717, 1.165) is 5.56 Å². The third-order valence-corrected chi connectivity index (χ3v) is 10.9. The molecule has 1 aliphatic rings. The number of amides is 5. The number of cyclic esters (lactones) is 2. The molecule has 4 N–H and O–H groups in total. The number of aliphatic hydroxyl groups excluding tert-OH is 1. The minimum atomic E-state index is -1.28. The average Bonchev–Trinajstić information content (AvgIpc) is 3.20. The van der Waals surface area contributed by atoms with Crippen LogP contribution in [0.3, 0.4) is 0 Å². The summed E-state index contributed by atoms with van der Waals surface area (Å²) in [7, 11) is 2.86. The van der Waals surface area contributed by atoms with Crippen molar-refractivity contribution in [3.05, 3.63) is 59.2 Å². The van der Waals surface area contributed by atoms with Gasteiger partial charge in [-0.15, -0.1) is 0 Å². The van der Waals surface area contributed by atoms with E-state index in [4.69, 9.17) is 9.47 Å². The number of nitrogens with one attached hydrogen (secondary N) is 3. The van der Waals surface area contributed by atoms with E-state index < -0.39 is 96.4 Å². The lowest BCUT2D eigenvalue weighted by Gasteiger charge is -2.33. The van der Waals surface area contributed by atoms with Crippen molar-refractivity contribution in [1.82, 2.24) is 25.8 Å². The molecule has 15 heteroatoms. The van der Waals surface area contributed by atoms with E-state index in [-0.39, 0.29) is 36.7 Å². The molecule has 15 nitrogen and oxygen atoms in total. The zero-order valence-electron chi connectivity index (χ0n) is 36.9. The van der Waals surface area contributed by atoms with Crippen LogP contribution in [0.1, 0.15) is 94.1 Å². The zero-order chi connectivity index (χ0) is 44.7. The molecule has 59 heavy (non-hydrogen) atoms. The number of ether oxygens (including phenoxy) is 2. The van der Waals surface area contributed by atoms with Crippen molar-refractivity contribution in [2.45, 2.75) is 137 Å². The van der Waals surface area contributed by atoms with Crippen molar-refractivity contribution in [2.24, 2.45) is 17.8 Å². The van der Waals surface area contributed by atoms with Gasteiger partial charge in [-0.25, -0.2) is 9.59 Å². The first-order valence-electron chi connectivity index (χ1n) is 20.5. The van der Waals surface area contributed by atoms with Crippen LogP contribution in [-0.2, 0) is 49.5 Å². The highest BCUT2D eigenvalue weighted by Crippen LogP contribution is 2.23.